The SMILES string of the molecule is CC1=CC(=O)C2=C(C[C@@H]3C(=CC[C@@H]4C(=O)N(Cc5cccs5)C(=O)[C@@H]43)[C@@H]2c2ccc(O)c3ccccc23)C1=O. The zero-order chi connectivity index (χ0) is 27.0. The molecule has 0 spiro atoms. The molecular weight excluding hydrogens is 510 g/mol. The van der Waals surface area contributed by atoms with Gasteiger partial charge in [-0.25, -0.2) is 0 Å². The van der Waals surface area contributed by atoms with Crippen LogP contribution in [0.5, 0.6) is 5.75 Å². The molecule has 4 aliphatic rings. The minimum absolute atomic E-state index is 0.135. The number of likely N-dealkylation sites (tertiary alicyclic amines) is 1. The number of phenols is 1. The quantitative estimate of drug-likeness (QED) is 0.282. The normalized spacial score (nSPS) is 26.4. The van der Waals surface area contributed by atoms with Crippen LogP contribution in [-0.4, -0.2) is 33.4 Å². The Balaban J connectivity index is 1.40. The number of phenolic OH excluding ortho intramolecular Hbond substituents is 1. The molecule has 1 saturated heterocycles. The monoisotopic (exact) mass is 535 g/mol. The second-order valence-electron chi connectivity index (χ2n) is 10.8. The zero-order valence-electron chi connectivity index (χ0n) is 21.2. The summed E-state index contributed by atoms with van der Waals surface area (Å²) >= 11 is 1.51. The van der Waals surface area contributed by atoms with Crippen molar-refractivity contribution >= 4 is 45.5 Å². The standard InChI is InChI=1S/C32H25NO5S/c1-16-13-26(35)29-24(30(16)36)14-23-21(27(29)20-10-11-25(34)19-7-3-2-6-18(19)20)8-9-22-28(23)32(38)33(31(22)37)15-17-5-4-12-39-17/h2-8,10-13,22-23,27-28,34H,9,14-15H2,1H3/t22-,23+,27-,28-/m0/s1. The summed E-state index contributed by atoms with van der Waals surface area (Å²) in [5.74, 6) is -2.56. The molecule has 2 aromatic carbocycles. The maximum atomic E-state index is 13.9. The highest BCUT2D eigenvalue weighted by molar-refractivity contribution is 7.09. The van der Waals surface area contributed by atoms with Crippen molar-refractivity contribution in [3.05, 3.63) is 98.8 Å². The van der Waals surface area contributed by atoms with E-state index in [9.17, 15) is 24.3 Å². The lowest BCUT2D eigenvalue weighted by Crippen LogP contribution is -2.39. The van der Waals surface area contributed by atoms with E-state index in [1.165, 1.54) is 22.3 Å². The van der Waals surface area contributed by atoms with Crippen LogP contribution in [0.1, 0.15) is 36.1 Å². The van der Waals surface area contributed by atoms with Gasteiger partial charge in [-0.1, -0.05) is 48.0 Å². The number of thiophene rings is 1. The van der Waals surface area contributed by atoms with Crippen molar-refractivity contribution in [2.75, 3.05) is 0 Å². The van der Waals surface area contributed by atoms with E-state index in [1.54, 1.807) is 13.0 Å². The van der Waals surface area contributed by atoms with Gasteiger partial charge in [-0.2, -0.15) is 0 Å². The van der Waals surface area contributed by atoms with Crippen LogP contribution < -0.4 is 0 Å². The summed E-state index contributed by atoms with van der Waals surface area (Å²) in [6, 6.07) is 14.7. The van der Waals surface area contributed by atoms with Crippen LogP contribution in [-0.2, 0) is 25.7 Å². The van der Waals surface area contributed by atoms with E-state index >= 15 is 0 Å². The number of carbonyl (C=O) groups excluding carboxylic acids is 4. The Kier molecular flexibility index (Phi) is 5.36. The van der Waals surface area contributed by atoms with E-state index in [2.05, 4.69) is 0 Å². The summed E-state index contributed by atoms with van der Waals surface area (Å²) in [6.45, 7) is 1.90. The van der Waals surface area contributed by atoms with Gasteiger partial charge >= 0.3 is 0 Å². The average molecular weight is 536 g/mol. The minimum atomic E-state index is -0.577. The summed E-state index contributed by atoms with van der Waals surface area (Å²) in [4.78, 5) is 56.7. The molecule has 39 heavy (non-hydrogen) atoms. The fourth-order valence-corrected chi connectivity index (χ4v) is 7.77. The Morgan fingerprint density at radius 2 is 1.74 bits per heavy atom. The molecule has 1 aromatic heterocycles. The molecule has 194 valence electrons. The Morgan fingerprint density at radius 3 is 2.51 bits per heavy atom. The van der Waals surface area contributed by atoms with Gasteiger partial charge in [0.05, 0.1) is 18.4 Å². The number of Topliss-reactive ketones (excluding diaryl/α,β-unsaturated/α-hetero) is 1. The van der Waals surface area contributed by atoms with Gasteiger partial charge in [0.15, 0.2) is 11.6 Å². The van der Waals surface area contributed by atoms with Crippen LogP contribution >= 0.6 is 11.3 Å². The first kappa shape index (κ1) is 24.0. The number of rotatable bonds is 3. The molecule has 0 bridgehead atoms. The predicted molar refractivity (Wildman–Crippen MR) is 147 cm³/mol. The summed E-state index contributed by atoms with van der Waals surface area (Å²) in [7, 11) is 0. The number of benzene rings is 2. The van der Waals surface area contributed by atoms with Gasteiger partial charge < -0.3 is 5.11 Å². The first-order chi connectivity index (χ1) is 18.8. The van der Waals surface area contributed by atoms with Crippen molar-refractivity contribution < 1.29 is 24.3 Å². The van der Waals surface area contributed by atoms with Gasteiger partial charge in [-0.3, -0.25) is 24.1 Å². The second-order valence-corrected chi connectivity index (χ2v) is 11.8. The minimum Gasteiger partial charge on any atom is -0.507 e. The highest BCUT2D eigenvalue weighted by Crippen LogP contribution is 2.56. The second kappa shape index (κ2) is 8.71. The number of aromatic hydroxyl groups is 1. The number of imide groups is 1. The van der Waals surface area contributed by atoms with E-state index in [0.29, 0.717) is 28.5 Å². The van der Waals surface area contributed by atoms with Gasteiger partial charge in [0.2, 0.25) is 11.8 Å². The molecular formula is C32H25NO5S. The molecule has 7 heteroatoms. The molecule has 6 nitrogen and oxygen atoms in total. The number of hydrogen-bond donors (Lipinski definition) is 1. The maximum absolute atomic E-state index is 13.9. The highest BCUT2D eigenvalue weighted by atomic mass is 32.1. The summed E-state index contributed by atoms with van der Waals surface area (Å²) in [6.07, 6.45) is 4.12. The molecule has 1 fully saturated rings. The zero-order valence-corrected chi connectivity index (χ0v) is 22.0. The van der Waals surface area contributed by atoms with Crippen molar-refractivity contribution in [1.29, 1.82) is 0 Å². The van der Waals surface area contributed by atoms with Gasteiger partial charge in [0, 0.05) is 32.9 Å². The van der Waals surface area contributed by atoms with Gasteiger partial charge in [0.1, 0.15) is 5.75 Å². The fourth-order valence-electron chi connectivity index (χ4n) is 7.08. The third-order valence-electron chi connectivity index (χ3n) is 8.79. The van der Waals surface area contributed by atoms with E-state index in [4.69, 9.17) is 0 Å². The molecule has 7 rings (SSSR count). The molecule has 0 radical (unpaired) electrons. The lowest BCUT2D eigenvalue weighted by Gasteiger charge is -2.42. The Hall–Kier alpha value is -4.10. The summed E-state index contributed by atoms with van der Waals surface area (Å²) in [5.41, 5.74) is 3.02. The van der Waals surface area contributed by atoms with Gasteiger partial charge in [-0.05, 0) is 60.2 Å². The number of allylic oxidation sites excluding steroid dienone is 6. The van der Waals surface area contributed by atoms with Crippen LogP contribution in [0.3, 0.4) is 0 Å². The largest absolute Gasteiger partial charge is 0.507 e. The van der Waals surface area contributed by atoms with Crippen LogP contribution in [0.4, 0.5) is 0 Å². The number of hydrogen-bond acceptors (Lipinski definition) is 6. The fraction of sp³-hybridized carbons (Fsp3) is 0.250. The highest BCUT2D eigenvalue weighted by Gasteiger charge is 2.56. The molecule has 1 aliphatic heterocycles. The Bertz CT molecular complexity index is 1710. The molecule has 1 N–H and O–H groups in total. The third-order valence-corrected chi connectivity index (χ3v) is 9.65. The van der Waals surface area contributed by atoms with Gasteiger partial charge in [-0.15, -0.1) is 11.3 Å². The van der Waals surface area contributed by atoms with Crippen LogP contribution in [0, 0.1) is 17.8 Å². The number of fused-ring (bicyclic) bond motifs is 4. The Morgan fingerprint density at radius 1 is 0.949 bits per heavy atom. The Labute approximate surface area is 228 Å². The van der Waals surface area contributed by atoms with E-state index in [0.717, 1.165) is 21.4 Å². The maximum Gasteiger partial charge on any atom is 0.234 e. The average Bonchev–Trinajstić information content (AvgIpc) is 3.54. The molecule has 0 saturated carbocycles. The van der Waals surface area contributed by atoms with Crippen molar-refractivity contribution in [2.24, 2.45) is 17.8 Å². The molecule has 3 aliphatic carbocycles. The van der Waals surface area contributed by atoms with E-state index in [1.807, 2.05) is 53.9 Å². The summed E-state index contributed by atoms with van der Waals surface area (Å²) < 4.78 is 0. The molecule has 3 aromatic rings. The lowest BCUT2D eigenvalue weighted by molar-refractivity contribution is -0.140. The van der Waals surface area contributed by atoms with Crippen molar-refractivity contribution in [1.82, 2.24) is 4.90 Å². The first-order valence-electron chi connectivity index (χ1n) is 13.1. The molecule has 4 atom stereocenters. The van der Waals surface area contributed by atoms with Crippen LogP contribution in [0.2, 0.25) is 0 Å². The topological polar surface area (TPSA) is 91.8 Å². The van der Waals surface area contributed by atoms with Crippen LogP contribution in [0.25, 0.3) is 10.8 Å². The summed E-state index contributed by atoms with van der Waals surface area (Å²) in [5, 5.41) is 13.9. The van der Waals surface area contributed by atoms with Gasteiger partial charge in [0.25, 0.3) is 0 Å². The smallest absolute Gasteiger partial charge is 0.234 e. The number of nitrogens with zero attached hydrogens (tertiary/aromatic N) is 1. The molecule has 2 amide bonds. The van der Waals surface area contributed by atoms with Crippen molar-refractivity contribution in [3.63, 3.8) is 0 Å². The number of carbonyl (C=O) groups is 4. The number of ketones is 2. The predicted octanol–water partition coefficient (Wildman–Crippen LogP) is 5.24. The van der Waals surface area contributed by atoms with Crippen molar-refractivity contribution in [3.8, 4) is 5.75 Å². The first-order valence-corrected chi connectivity index (χ1v) is 14.0. The number of amides is 2. The van der Waals surface area contributed by atoms with Crippen molar-refractivity contribution in [2.45, 2.75) is 32.2 Å². The molecule has 2 heterocycles. The molecule has 0 unspecified atom stereocenters. The van der Waals surface area contributed by atoms with E-state index in [-0.39, 0.29) is 48.0 Å². The third kappa shape index (κ3) is 3.46. The van der Waals surface area contributed by atoms with E-state index < -0.39 is 17.8 Å². The van der Waals surface area contributed by atoms with Crippen LogP contribution in [0.15, 0.2) is 88.4 Å². The lowest BCUT2D eigenvalue weighted by atomic mass is 9.59.